The first-order chi connectivity index (χ1) is 7.60. The van der Waals surface area contributed by atoms with Crippen LogP contribution in [0, 0.1) is 6.92 Å². The quantitative estimate of drug-likeness (QED) is 0.624. The molecule has 1 aromatic carbocycles. The Morgan fingerprint density at radius 3 is 2.81 bits per heavy atom. The molecule has 0 atom stereocenters. The van der Waals surface area contributed by atoms with Gasteiger partial charge in [-0.25, -0.2) is 0 Å². The smallest absolute Gasteiger partial charge is 0.153 e. The van der Waals surface area contributed by atoms with E-state index in [0.29, 0.717) is 33.8 Å². The first-order valence-electron chi connectivity index (χ1n) is 4.69. The van der Waals surface area contributed by atoms with E-state index >= 15 is 0 Å². The number of anilines is 1. The lowest BCUT2D eigenvalue weighted by Gasteiger charge is -2.09. The molecule has 5 heteroatoms. The number of rotatable bonds is 2. The number of nitrogens with one attached hydrogen (secondary N) is 1. The third-order valence-corrected chi connectivity index (χ3v) is 2.87. The monoisotopic (exact) mass is 238 g/mol. The summed E-state index contributed by atoms with van der Waals surface area (Å²) in [7, 11) is 1.54. The van der Waals surface area contributed by atoms with Crippen LogP contribution in [0.25, 0.3) is 10.9 Å². The number of hydrogen-bond donors (Lipinski definition) is 2. The minimum Gasteiger partial charge on any atom is -0.494 e. The molecular weight excluding hydrogens is 228 g/mol. The van der Waals surface area contributed by atoms with E-state index < -0.39 is 0 Å². The van der Waals surface area contributed by atoms with Gasteiger partial charge in [0.1, 0.15) is 10.9 Å². The van der Waals surface area contributed by atoms with Gasteiger partial charge in [-0.1, -0.05) is 11.6 Å². The molecule has 0 bridgehead atoms. The lowest BCUT2D eigenvalue weighted by molar-refractivity contribution is 0.112. The van der Waals surface area contributed by atoms with Crippen molar-refractivity contribution in [3.8, 4) is 5.75 Å². The van der Waals surface area contributed by atoms with Gasteiger partial charge in [0.25, 0.3) is 0 Å². The zero-order valence-corrected chi connectivity index (χ0v) is 9.68. The van der Waals surface area contributed by atoms with Crippen molar-refractivity contribution in [2.24, 2.45) is 0 Å². The average molecular weight is 239 g/mol. The minimum absolute atomic E-state index is 0.296. The molecule has 16 heavy (non-hydrogen) atoms. The number of benzene rings is 1. The van der Waals surface area contributed by atoms with Gasteiger partial charge >= 0.3 is 0 Å². The third kappa shape index (κ3) is 1.34. The summed E-state index contributed by atoms with van der Waals surface area (Å²) in [6.45, 7) is 1.88. The SMILES string of the molecule is COc1c(C)cc2[nH]c(Cl)c(C=O)c2c1N. The van der Waals surface area contributed by atoms with E-state index in [1.165, 1.54) is 0 Å². The van der Waals surface area contributed by atoms with Gasteiger partial charge in [-0.05, 0) is 18.6 Å². The van der Waals surface area contributed by atoms with Crippen LogP contribution in [0.2, 0.25) is 5.15 Å². The number of carbonyl (C=O) groups excluding carboxylic acids is 1. The molecule has 0 radical (unpaired) electrons. The maximum absolute atomic E-state index is 10.9. The second-order valence-corrected chi connectivity index (χ2v) is 3.91. The standard InChI is InChI=1S/C11H11ClN2O2/c1-5-3-7-8(9(13)10(5)16-2)6(4-15)11(12)14-7/h3-4,14H,13H2,1-2H3. The zero-order chi connectivity index (χ0) is 11.9. The Bertz CT molecular complexity index is 575. The molecule has 84 valence electrons. The summed E-state index contributed by atoms with van der Waals surface area (Å²) < 4.78 is 5.19. The zero-order valence-electron chi connectivity index (χ0n) is 8.93. The van der Waals surface area contributed by atoms with Crippen molar-refractivity contribution < 1.29 is 9.53 Å². The van der Waals surface area contributed by atoms with Crippen LogP contribution in [0.5, 0.6) is 5.75 Å². The largest absolute Gasteiger partial charge is 0.494 e. The fourth-order valence-electron chi connectivity index (χ4n) is 1.89. The van der Waals surface area contributed by atoms with Crippen molar-refractivity contribution in [2.75, 3.05) is 12.8 Å². The Morgan fingerprint density at radius 1 is 1.56 bits per heavy atom. The van der Waals surface area contributed by atoms with Gasteiger partial charge in [0.15, 0.2) is 6.29 Å². The number of aromatic amines is 1. The summed E-state index contributed by atoms with van der Waals surface area (Å²) >= 11 is 5.90. The van der Waals surface area contributed by atoms with Gasteiger partial charge in [0.2, 0.25) is 0 Å². The molecule has 0 spiro atoms. The molecule has 2 aromatic rings. The normalized spacial score (nSPS) is 10.7. The van der Waals surface area contributed by atoms with Crippen LogP contribution < -0.4 is 10.5 Å². The highest BCUT2D eigenvalue weighted by molar-refractivity contribution is 6.34. The predicted octanol–water partition coefficient (Wildman–Crippen LogP) is 2.53. The molecule has 0 unspecified atom stereocenters. The van der Waals surface area contributed by atoms with E-state index in [1.807, 2.05) is 13.0 Å². The predicted molar refractivity (Wildman–Crippen MR) is 64.4 cm³/mol. The number of aldehydes is 1. The number of nitrogen functional groups attached to an aromatic ring is 1. The minimum atomic E-state index is 0.296. The van der Waals surface area contributed by atoms with Crippen LogP contribution in [0.1, 0.15) is 15.9 Å². The van der Waals surface area contributed by atoms with Crippen LogP contribution in [0.4, 0.5) is 5.69 Å². The molecule has 2 rings (SSSR count). The van der Waals surface area contributed by atoms with Gasteiger partial charge in [0, 0.05) is 10.9 Å². The number of halogens is 1. The van der Waals surface area contributed by atoms with E-state index in [9.17, 15) is 4.79 Å². The van der Waals surface area contributed by atoms with Crippen LogP contribution >= 0.6 is 11.6 Å². The summed E-state index contributed by atoms with van der Waals surface area (Å²) in [5.41, 5.74) is 8.39. The fourth-order valence-corrected chi connectivity index (χ4v) is 2.13. The molecule has 0 fully saturated rings. The van der Waals surface area contributed by atoms with Crippen molar-refractivity contribution in [3.05, 3.63) is 22.3 Å². The third-order valence-electron chi connectivity index (χ3n) is 2.57. The average Bonchev–Trinajstić information content (AvgIpc) is 2.54. The van der Waals surface area contributed by atoms with Crippen LogP contribution in [0.3, 0.4) is 0 Å². The lowest BCUT2D eigenvalue weighted by Crippen LogP contribution is -1.96. The number of aryl methyl sites for hydroxylation is 1. The molecule has 0 aliphatic rings. The van der Waals surface area contributed by atoms with Crippen molar-refractivity contribution >= 4 is 34.5 Å². The first kappa shape index (κ1) is 10.8. The molecule has 0 saturated carbocycles. The van der Waals surface area contributed by atoms with E-state index in [1.54, 1.807) is 7.11 Å². The van der Waals surface area contributed by atoms with Gasteiger partial charge in [-0.2, -0.15) is 0 Å². The number of ether oxygens (including phenoxy) is 1. The van der Waals surface area contributed by atoms with E-state index in [0.717, 1.165) is 11.1 Å². The number of methoxy groups -OCH3 is 1. The van der Waals surface area contributed by atoms with Gasteiger partial charge < -0.3 is 15.5 Å². The molecular formula is C11H11ClN2O2. The number of fused-ring (bicyclic) bond motifs is 1. The Kier molecular flexibility index (Phi) is 2.52. The number of aromatic nitrogens is 1. The molecule has 0 amide bonds. The van der Waals surface area contributed by atoms with Crippen LogP contribution in [-0.4, -0.2) is 18.4 Å². The number of hydrogen-bond acceptors (Lipinski definition) is 3. The molecule has 0 aliphatic carbocycles. The highest BCUT2D eigenvalue weighted by atomic mass is 35.5. The molecule has 4 nitrogen and oxygen atoms in total. The van der Waals surface area contributed by atoms with E-state index in [2.05, 4.69) is 4.98 Å². The van der Waals surface area contributed by atoms with Gasteiger partial charge in [-0.15, -0.1) is 0 Å². The van der Waals surface area contributed by atoms with Crippen LogP contribution in [-0.2, 0) is 0 Å². The van der Waals surface area contributed by atoms with Crippen molar-refractivity contribution in [3.63, 3.8) is 0 Å². The van der Waals surface area contributed by atoms with Crippen molar-refractivity contribution in [1.29, 1.82) is 0 Å². The molecule has 1 heterocycles. The summed E-state index contributed by atoms with van der Waals surface area (Å²) in [4.78, 5) is 13.8. The number of carbonyl (C=O) groups is 1. The van der Waals surface area contributed by atoms with E-state index in [4.69, 9.17) is 22.1 Å². The highest BCUT2D eigenvalue weighted by Crippen LogP contribution is 2.37. The molecule has 0 aliphatic heterocycles. The van der Waals surface area contributed by atoms with Crippen LogP contribution in [0.15, 0.2) is 6.07 Å². The number of H-pyrrole nitrogens is 1. The second kappa shape index (κ2) is 3.72. The molecule has 0 saturated heterocycles. The summed E-state index contributed by atoms with van der Waals surface area (Å²) in [5, 5.41) is 0.909. The Hall–Kier alpha value is -1.68. The summed E-state index contributed by atoms with van der Waals surface area (Å²) in [6.07, 6.45) is 0.687. The van der Waals surface area contributed by atoms with Crippen molar-refractivity contribution in [2.45, 2.75) is 6.92 Å². The maximum Gasteiger partial charge on any atom is 0.153 e. The van der Waals surface area contributed by atoms with Gasteiger partial charge in [-0.3, -0.25) is 4.79 Å². The second-order valence-electron chi connectivity index (χ2n) is 3.53. The summed E-state index contributed by atoms with van der Waals surface area (Å²) in [5.74, 6) is 0.575. The lowest BCUT2D eigenvalue weighted by atomic mass is 10.1. The van der Waals surface area contributed by atoms with Crippen molar-refractivity contribution in [1.82, 2.24) is 4.98 Å². The van der Waals surface area contributed by atoms with E-state index in [-0.39, 0.29) is 0 Å². The fraction of sp³-hybridized carbons (Fsp3) is 0.182. The molecule has 3 N–H and O–H groups in total. The topological polar surface area (TPSA) is 68.1 Å². The highest BCUT2D eigenvalue weighted by Gasteiger charge is 2.16. The molecule has 1 aromatic heterocycles. The Labute approximate surface area is 97.3 Å². The maximum atomic E-state index is 10.9. The first-order valence-corrected chi connectivity index (χ1v) is 5.07. The summed E-state index contributed by atoms with van der Waals surface area (Å²) in [6, 6.07) is 1.85. The van der Waals surface area contributed by atoms with Gasteiger partial charge in [0.05, 0.1) is 18.4 Å². The Balaban J connectivity index is 2.94. The number of nitrogens with two attached hydrogens (primary N) is 1. The Morgan fingerprint density at radius 2 is 2.25 bits per heavy atom.